The summed E-state index contributed by atoms with van der Waals surface area (Å²) < 4.78 is 0. The first-order valence-corrected chi connectivity index (χ1v) is 15.1. The quantitative estimate of drug-likeness (QED) is 0.428. The molecule has 0 N–H and O–H groups in total. The van der Waals surface area contributed by atoms with Gasteiger partial charge >= 0.3 is 0 Å². The van der Waals surface area contributed by atoms with E-state index in [4.69, 9.17) is 0 Å². The molecule has 0 radical (unpaired) electrons. The fourth-order valence-corrected chi connectivity index (χ4v) is 10.3. The summed E-state index contributed by atoms with van der Waals surface area (Å²) >= 11 is 0. The Morgan fingerprint density at radius 1 is 0.486 bits per heavy atom. The molecule has 4 bridgehead atoms. The third kappa shape index (κ3) is 3.16. The van der Waals surface area contributed by atoms with Gasteiger partial charge in [-0.1, -0.05) is 24.3 Å². The number of fused-ring (bicyclic) bond motifs is 10. The number of carbonyl (C=O) groups excluding carboxylic acids is 4. The highest BCUT2D eigenvalue weighted by atomic mass is 16.2. The van der Waals surface area contributed by atoms with Gasteiger partial charge in [0.25, 0.3) is 0 Å². The van der Waals surface area contributed by atoms with Crippen molar-refractivity contribution in [2.75, 3.05) is 0 Å². The Morgan fingerprint density at radius 3 is 1.08 bits per heavy atom. The zero-order chi connectivity index (χ0) is 25.0. The zero-order valence-electron chi connectivity index (χ0n) is 21.5. The molecular weight excluding hydrogens is 464 g/mol. The number of nitrogens with zero attached hydrogens (tertiary/aromatic N) is 2. The highest BCUT2D eigenvalue weighted by molar-refractivity contribution is 6.07. The van der Waals surface area contributed by atoms with Gasteiger partial charge in [-0.05, 0) is 106 Å². The van der Waals surface area contributed by atoms with Crippen molar-refractivity contribution in [1.29, 1.82) is 0 Å². The molecule has 8 atom stereocenters. The lowest BCUT2D eigenvalue weighted by Crippen LogP contribution is -2.44. The number of hydrogen-bond donors (Lipinski definition) is 0. The maximum Gasteiger partial charge on any atom is 0.233 e. The van der Waals surface area contributed by atoms with Crippen molar-refractivity contribution in [2.24, 2.45) is 59.2 Å². The molecular formula is C31H38N2O4. The van der Waals surface area contributed by atoms with Crippen molar-refractivity contribution in [3.63, 3.8) is 0 Å². The number of amides is 4. The molecule has 0 spiro atoms. The minimum Gasteiger partial charge on any atom is -0.279 e. The smallest absolute Gasteiger partial charge is 0.233 e. The number of carbonyl (C=O) groups is 4. The molecule has 0 aromatic rings. The van der Waals surface area contributed by atoms with Crippen LogP contribution in [0.25, 0.3) is 0 Å². The molecule has 0 unspecified atom stereocenters. The van der Waals surface area contributed by atoms with Crippen LogP contribution in [-0.2, 0) is 19.2 Å². The minimum atomic E-state index is -0.0734. The van der Waals surface area contributed by atoms with Crippen LogP contribution in [0.3, 0.4) is 0 Å². The summed E-state index contributed by atoms with van der Waals surface area (Å²) in [6.45, 7) is 0. The molecule has 8 aliphatic rings. The Bertz CT molecular complexity index is 964. The topological polar surface area (TPSA) is 74.8 Å². The minimum absolute atomic E-state index is 0.0734. The van der Waals surface area contributed by atoms with Crippen LogP contribution in [0.4, 0.5) is 0 Å². The maximum atomic E-state index is 13.2. The van der Waals surface area contributed by atoms with E-state index in [1.807, 2.05) is 0 Å². The Hall–Kier alpha value is -2.24. The highest BCUT2D eigenvalue weighted by Gasteiger charge is 2.61. The Balaban J connectivity index is 0.836. The van der Waals surface area contributed by atoms with E-state index in [2.05, 4.69) is 24.3 Å². The average Bonchev–Trinajstić information content (AvgIpc) is 3.74. The molecule has 0 aromatic heterocycles. The molecule has 0 aromatic carbocycles. The third-order valence-electron chi connectivity index (χ3n) is 12.0. The lowest BCUT2D eigenvalue weighted by molar-refractivity contribution is -0.145. The molecule has 6 fully saturated rings. The number of likely N-dealkylation sites (tertiary alicyclic amines) is 2. The summed E-state index contributed by atoms with van der Waals surface area (Å²) in [7, 11) is 0. The van der Waals surface area contributed by atoms with Crippen LogP contribution in [0, 0.1) is 59.2 Å². The molecule has 2 saturated heterocycles. The van der Waals surface area contributed by atoms with Gasteiger partial charge in [0.15, 0.2) is 0 Å². The Morgan fingerprint density at radius 2 is 0.784 bits per heavy atom. The Labute approximate surface area is 218 Å². The summed E-state index contributed by atoms with van der Waals surface area (Å²) in [6.07, 6.45) is 20.1. The van der Waals surface area contributed by atoms with Crippen molar-refractivity contribution in [2.45, 2.75) is 82.7 Å². The van der Waals surface area contributed by atoms with E-state index >= 15 is 0 Å². The molecule has 6 nitrogen and oxygen atoms in total. The van der Waals surface area contributed by atoms with Gasteiger partial charge in [0.1, 0.15) is 0 Å². The van der Waals surface area contributed by atoms with Crippen molar-refractivity contribution in [3.05, 3.63) is 24.3 Å². The van der Waals surface area contributed by atoms with E-state index in [9.17, 15) is 19.2 Å². The predicted octanol–water partition coefficient (Wildman–Crippen LogP) is 4.11. The molecule has 2 aliphatic heterocycles. The molecule has 4 amide bonds. The standard InChI is InChI=1S/C31H38N2O4/c34-28-24-18-5-6-19(14-18)25(24)29(35)32(28)22-9-1-16(2-10-22)13-17-3-11-23(12-4-17)33-30(36)26-20-7-8-21(15-20)27(26)31(33)37/h5-8,16-27H,1-4,9-15H2/t16?,17?,18-,19-,20-,21-,22?,23?,24-,25+,26-,27+/m0/s1. The van der Waals surface area contributed by atoms with E-state index in [1.54, 1.807) is 9.80 Å². The highest BCUT2D eigenvalue weighted by Crippen LogP contribution is 2.55. The van der Waals surface area contributed by atoms with Crippen LogP contribution in [0.15, 0.2) is 24.3 Å². The summed E-state index contributed by atoms with van der Waals surface area (Å²) in [5.74, 6) is 2.68. The number of hydrogen-bond acceptors (Lipinski definition) is 4. The fourth-order valence-electron chi connectivity index (χ4n) is 10.3. The van der Waals surface area contributed by atoms with Gasteiger partial charge in [0, 0.05) is 12.1 Å². The second-order valence-corrected chi connectivity index (χ2v) is 13.7. The SMILES string of the molecule is O=C1[C@@H]2[C@H](C(=O)N1C1CCC(CC3CCC(N4C(=O)[C@@H]5[C@H](C4=O)[C@H]4C=C[C@H]5C4)CC3)CC1)[C@H]1C=C[C@H]2C1. The lowest BCUT2D eigenvalue weighted by Gasteiger charge is -2.38. The van der Waals surface area contributed by atoms with Gasteiger partial charge in [-0.15, -0.1) is 0 Å². The molecule has 37 heavy (non-hydrogen) atoms. The van der Waals surface area contributed by atoms with Crippen LogP contribution >= 0.6 is 0 Å². The van der Waals surface area contributed by atoms with E-state index in [-0.39, 0.29) is 59.4 Å². The van der Waals surface area contributed by atoms with Gasteiger partial charge in [0.05, 0.1) is 23.7 Å². The van der Waals surface area contributed by atoms with Gasteiger partial charge in [-0.25, -0.2) is 0 Å². The molecule has 6 aliphatic carbocycles. The van der Waals surface area contributed by atoms with Gasteiger partial charge < -0.3 is 0 Å². The normalized spacial score (nSPS) is 49.6. The van der Waals surface area contributed by atoms with Crippen molar-refractivity contribution >= 4 is 23.6 Å². The van der Waals surface area contributed by atoms with Gasteiger partial charge in [0.2, 0.25) is 23.6 Å². The number of imide groups is 2. The third-order valence-corrected chi connectivity index (χ3v) is 12.0. The Kier molecular flexibility index (Phi) is 4.99. The monoisotopic (exact) mass is 502 g/mol. The van der Waals surface area contributed by atoms with Crippen LogP contribution in [-0.4, -0.2) is 45.5 Å². The second-order valence-electron chi connectivity index (χ2n) is 13.7. The van der Waals surface area contributed by atoms with Crippen molar-refractivity contribution in [3.8, 4) is 0 Å². The number of rotatable bonds is 4. The summed E-state index contributed by atoms with van der Waals surface area (Å²) in [5.41, 5.74) is 0. The van der Waals surface area contributed by atoms with Crippen molar-refractivity contribution in [1.82, 2.24) is 9.80 Å². The first-order valence-electron chi connectivity index (χ1n) is 15.1. The van der Waals surface area contributed by atoms with Crippen LogP contribution < -0.4 is 0 Å². The summed E-state index contributed by atoms with van der Waals surface area (Å²) in [5, 5.41) is 0. The maximum absolute atomic E-state index is 13.2. The number of allylic oxidation sites excluding steroid dienone is 4. The zero-order valence-corrected chi connectivity index (χ0v) is 21.5. The largest absolute Gasteiger partial charge is 0.279 e. The fraction of sp³-hybridized carbons (Fsp3) is 0.742. The van der Waals surface area contributed by atoms with Gasteiger partial charge in [-0.2, -0.15) is 0 Å². The van der Waals surface area contributed by atoms with Crippen LogP contribution in [0.2, 0.25) is 0 Å². The van der Waals surface area contributed by atoms with E-state index in [0.29, 0.717) is 35.5 Å². The first-order chi connectivity index (χ1) is 18.0. The van der Waals surface area contributed by atoms with E-state index in [1.165, 1.54) is 6.42 Å². The second kappa shape index (κ2) is 8.13. The van der Waals surface area contributed by atoms with Crippen molar-refractivity contribution < 1.29 is 19.2 Å². The summed E-state index contributed by atoms with van der Waals surface area (Å²) in [6, 6.07) is 0.210. The van der Waals surface area contributed by atoms with Crippen LogP contribution in [0.1, 0.15) is 70.6 Å². The molecule has 4 saturated carbocycles. The summed E-state index contributed by atoms with van der Waals surface area (Å²) in [4.78, 5) is 56.2. The first kappa shape index (κ1) is 22.7. The molecule has 196 valence electrons. The molecule has 2 heterocycles. The molecule has 8 rings (SSSR count). The lowest BCUT2D eigenvalue weighted by atomic mass is 9.75. The average molecular weight is 503 g/mol. The van der Waals surface area contributed by atoms with E-state index in [0.717, 1.165) is 64.2 Å². The predicted molar refractivity (Wildman–Crippen MR) is 135 cm³/mol. The van der Waals surface area contributed by atoms with Gasteiger partial charge in [-0.3, -0.25) is 29.0 Å². The van der Waals surface area contributed by atoms with E-state index < -0.39 is 0 Å². The van der Waals surface area contributed by atoms with Crippen LogP contribution in [0.5, 0.6) is 0 Å². The molecule has 6 heteroatoms.